The molecule has 0 aliphatic rings. The first kappa shape index (κ1) is 21.5. The minimum absolute atomic E-state index is 0.124. The molecular formula is C22H21FN4O2S2. The molecule has 0 spiro atoms. The first-order chi connectivity index (χ1) is 14.7. The molecule has 0 saturated heterocycles. The van der Waals surface area contributed by atoms with Crippen LogP contribution in [0.1, 0.15) is 26.3 Å². The summed E-state index contributed by atoms with van der Waals surface area (Å²) >= 11 is 2.51. The van der Waals surface area contributed by atoms with E-state index in [9.17, 15) is 14.0 Å². The summed E-state index contributed by atoms with van der Waals surface area (Å²) in [4.78, 5) is 35.6. The van der Waals surface area contributed by atoms with Crippen molar-refractivity contribution >= 4 is 49.4 Å². The highest BCUT2D eigenvalue weighted by Gasteiger charge is 2.19. The average Bonchev–Trinajstić information content (AvgIpc) is 3.08. The molecule has 31 heavy (non-hydrogen) atoms. The molecule has 0 aliphatic carbocycles. The number of hydrogen-bond donors (Lipinski definition) is 1. The van der Waals surface area contributed by atoms with Crippen LogP contribution in [0.5, 0.6) is 0 Å². The predicted molar refractivity (Wildman–Crippen MR) is 123 cm³/mol. The summed E-state index contributed by atoms with van der Waals surface area (Å²) in [6.45, 7) is 5.96. The molecule has 0 fully saturated rings. The predicted octanol–water partition coefficient (Wildman–Crippen LogP) is 4.20. The second-order valence-corrected chi connectivity index (χ2v) is 10.1. The Morgan fingerprint density at radius 3 is 2.68 bits per heavy atom. The largest absolute Gasteiger partial charge is 0.351 e. The van der Waals surface area contributed by atoms with Crippen LogP contribution >= 0.6 is 23.1 Å². The summed E-state index contributed by atoms with van der Waals surface area (Å²) in [6.07, 6.45) is 1.68. The van der Waals surface area contributed by atoms with Crippen molar-refractivity contribution in [2.24, 2.45) is 0 Å². The van der Waals surface area contributed by atoms with E-state index in [4.69, 9.17) is 4.98 Å². The maximum atomic E-state index is 13.4. The third kappa shape index (κ3) is 4.77. The number of carbonyl (C=O) groups is 1. The van der Waals surface area contributed by atoms with Crippen LogP contribution in [-0.4, -0.2) is 31.7 Å². The highest BCUT2D eigenvalue weighted by molar-refractivity contribution is 7.99. The number of thioether (sulfide) groups is 1. The number of benzene rings is 1. The van der Waals surface area contributed by atoms with E-state index in [-0.39, 0.29) is 35.1 Å². The van der Waals surface area contributed by atoms with Gasteiger partial charge in [0, 0.05) is 17.1 Å². The van der Waals surface area contributed by atoms with E-state index in [0.29, 0.717) is 15.4 Å². The zero-order valence-electron chi connectivity index (χ0n) is 17.3. The summed E-state index contributed by atoms with van der Waals surface area (Å²) in [5.41, 5.74) is 0.811. The van der Waals surface area contributed by atoms with Crippen LogP contribution in [0, 0.1) is 5.82 Å². The molecule has 0 saturated carbocycles. The van der Waals surface area contributed by atoms with Crippen molar-refractivity contribution in [3.05, 3.63) is 64.3 Å². The number of nitrogens with one attached hydrogen (secondary N) is 1. The van der Waals surface area contributed by atoms with Gasteiger partial charge in [0.2, 0.25) is 5.91 Å². The number of thiophene rings is 1. The summed E-state index contributed by atoms with van der Waals surface area (Å²) in [6, 6.07) is 9.69. The molecule has 3 heterocycles. The highest BCUT2D eigenvalue weighted by atomic mass is 32.2. The molecule has 1 aromatic carbocycles. The molecule has 0 bridgehead atoms. The van der Waals surface area contributed by atoms with Gasteiger partial charge in [-0.2, -0.15) is 0 Å². The van der Waals surface area contributed by atoms with Crippen LogP contribution in [0.2, 0.25) is 0 Å². The molecule has 0 atom stereocenters. The first-order valence-corrected chi connectivity index (χ1v) is 11.5. The number of aromatic nitrogens is 3. The number of amides is 1. The van der Waals surface area contributed by atoms with Gasteiger partial charge in [0.25, 0.3) is 5.56 Å². The smallest absolute Gasteiger partial charge is 0.272 e. The van der Waals surface area contributed by atoms with Crippen molar-refractivity contribution in [3.8, 4) is 0 Å². The molecule has 0 unspecified atom stereocenters. The van der Waals surface area contributed by atoms with E-state index in [1.807, 2.05) is 32.9 Å². The Morgan fingerprint density at radius 1 is 1.23 bits per heavy atom. The fourth-order valence-corrected chi connectivity index (χ4v) is 4.97. The zero-order valence-corrected chi connectivity index (χ0v) is 18.9. The number of rotatable bonds is 5. The van der Waals surface area contributed by atoms with Crippen LogP contribution in [0.25, 0.3) is 20.4 Å². The first-order valence-electron chi connectivity index (χ1n) is 9.67. The number of nitrogens with zero attached hydrogens (tertiary/aromatic N) is 3. The monoisotopic (exact) mass is 456 g/mol. The Hall–Kier alpha value is -2.78. The number of fused-ring (bicyclic) bond motifs is 3. The Balaban J connectivity index is 1.78. The van der Waals surface area contributed by atoms with E-state index in [2.05, 4.69) is 10.3 Å². The molecule has 6 nitrogen and oxygen atoms in total. The summed E-state index contributed by atoms with van der Waals surface area (Å²) in [5, 5.41) is 4.17. The van der Waals surface area contributed by atoms with Gasteiger partial charge < -0.3 is 5.32 Å². The van der Waals surface area contributed by atoms with Gasteiger partial charge in [0.15, 0.2) is 5.16 Å². The molecule has 1 N–H and O–H groups in total. The van der Waals surface area contributed by atoms with Crippen molar-refractivity contribution in [2.75, 3.05) is 5.75 Å². The van der Waals surface area contributed by atoms with Gasteiger partial charge in [0.05, 0.1) is 17.8 Å². The van der Waals surface area contributed by atoms with E-state index >= 15 is 0 Å². The van der Waals surface area contributed by atoms with Crippen molar-refractivity contribution < 1.29 is 9.18 Å². The van der Waals surface area contributed by atoms with Crippen molar-refractivity contribution in [1.82, 2.24) is 19.9 Å². The average molecular weight is 457 g/mol. The number of pyridine rings is 1. The van der Waals surface area contributed by atoms with E-state index in [0.717, 1.165) is 15.8 Å². The normalized spacial score (nSPS) is 11.9. The summed E-state index contributed by atoms with van der Waals surface area (Å²) in [5.74, 6) is -0.357. The van der Waals surface area contributed by atoms with Gasteiger partial charge in [0.1, 0.15) is 15.3 Å². The molecule has 0 aliphatic heterocycles. The van der Waals surface area contributed by atoms with E-state index < -0.39 is 0 Å². The van der Waals surface area contributed by atoms with Gasteiger partial charge in [-0.05, 0) is 50.6 Å². The molecule has 160 valence electrons. The second kappa shape index (κ2) is 8.39. The van der Waals surface area contributed by atoms with Gasteiger partial charge in [-0.1, -0.05) is 23.9 Å². The molecule has 4 aromatic rings. The van der Waals surface area contributed by atoms with E-state index in [1.165, 1.54) is 35.2 Å². The maximum Gasteiger partial charge on any atom is 0.272 e. The quantitative estimate of drug-likeness (QED) is 0.360. The van der Waals surface area contributed by atoms with Crippen molar-refractivity contribution in [2.45, 2.75) is 38.0 Å². The van der Waals surface area contributed by atoms with Gasteiger partial charge >= 0.3 is 0 Å². The topological polar surface area (TPSA) is 76.9 Å². The lowest BCUT2D eigenvalue weighted by Crippen LogP contribution is -2.41. The Labute approximate surface area is 186 Å². The van der Waals surface area contributed by atoms with Gasteiger partial charge in [-0.15, -0.1) is 11.3 Å². The lowest BCUT2D eigenvalue weighted by Gasteiger charge is -2.20. The lowest BCUT2D eigenvalue weighted by molar-refractivity contribution is -0.119. The molecule has 1 amide bonds. The van der Waals surface area contributed by atoms with Crippen LogP contribution < -0.4 is 10.9 Å². The lowest BCUT2D eigenvalue weighted by atomic mass is 10.1. The molecular weight excluding hydrogens is 435 g/mol. The third-order valence-electron chi connectivity index (χ3n) is 4.42. The highest BCUT2D eigenvalue weighted by Crippen LogP contribution is 2.30. The SMILES string of the molecule is CC(C)(C)NC(=O)CSc1nc2c(sc3ncccc32)c(=O)n1Cc1ccc(F)cc1. The summed E-state index contributed by atoms with van der Waals surface area (Å²) in [7, 11) is 0. The Morgan fingerprint density at radius 2 is 1.97 bits per heavy atom. The van der Waals surface area contributed by atoms with Crippen LogP contribution in [0.15, 0.2) is 52.5 Å². The second-order valence-electron chi connectivity index (χ2n) is 8.13. The number of hydrogen-bond acceptors (Lipinski definition) is 6. The van der Waals surface area contributed by atoms with Gasteiger partial charge in [-0.3, -0.25) is 14.2 Å². The number of halogens is 1. The maximum absolute atomic E-state index is 13.4. The zero-order chi connectivity index (χ0) is 22.2. The van der Waals surface area contributed by atoms with Crippen molar-refractivity contribution in [3.63, 3.8) is 0 Å². The minimum atomic E-state index is -0.349. The summed E-state index contributed by atoms with van der Waals surface area (Å²) < 4.78 is 15.4. The van der Waals surface area contributed by atoms with E-state index in [1.54, 1.807) is 22.9 Å². The number of carbonyl (C=O) groups excluding carboxylic acids is 1. The molecule has 0 radical (unpaired) electrons. The van der Waals surface area contributed by atoms with Crippen LogP contribution in [0.3, 0.4) is 0 Å². The van der Waals surface area contributed by atoms with Crippen LogP contribution in [0.4, 0.5) is 4.39 Å². The Bertz CT molecular complexity index is 1320. The molecule has 9 heteroatoms. The standard InChI is InChI=1S/C22H21FN4O2S2/c1-22(2,3)26-16(28)12-30-21-25-17-15-5-4-10-24-19(15)31-18(17)20(29)27(21)11-13-6-8-14(23)9-7-13/h4-10H,11-12H2,1-3H3,(H,26,28). The van der Waals surface area contributed by atoms with Crippen LogP contribution in [-0.2, 0) is 11.3 Å². The van der Waals surface area contributed by atoms with Crippen molar-refractivity contribution in [1.29, 1.82) is 0 Å². The third-order valence-corrected chi connectivity index (χ3v) is 6.49. The fourth-order valence-electron chi connectivity index (χ4n) is 3.15. The minimum Gasteiger partial charge on any atom is -0.351 e. The van der Waals surface area contributed by atoms with Gasteiger partial charge in [-0.25, -0.2) is 14.4 Å². The molecule has 4 rings (SSSR count). The molecule has 3 aromatic heterocycles. The fraction of sp³-hybridized carbons (Fsp3) is 0.273. The Kier molecular flexibility index (Phi) is 5.81.